The average molecular weight is 623 g/mol. The highest BCUT2D eigenvalue weighted by molar-refractivity contribution is 6.30. The van der Waals surface area contributed by atoms with E-state index in [2.05, 4.69) is 19.9 Å². The van der Waals surface area contributed by atoms with Crippen molar-refractivity contribution in [3.05, 3.63) is 47.1 Å². The summed E-state index contributed by atoms with van der Waals surface area (Å²) < 4.78 is 86.6. The van der Waals surface area contributed by atoms with Crippen molar-refractivity contribution in [1.29, 1.82) is 0 Å². The lowest BCUT2D eigenvalue weighted by Gasteiger charge is -2.40. The van der Waals surface area contributed by atoms with E-state index in [-0.39, 0.29) is 34.5 Å². The van der Waals surface area contributed by atoms with E-state index in [4.69, 9.17) is 16.3 Å². The van der Waals surface area contributed by atoms with Gasteiger partial charge in [0, 0.05) is 35.4 Å². The smallest absolute Gasteiger partial charge is 0.474 e. The highest BCUT2D eigenvalue weighted by Crippen LogP contribution is 2.40. The Morgan fingerprint density at radius 2 is 1.64 bits per heavy atom. The number of rotatable bonds is 8. The molecule has 2 saturated heterocycles. The van der Waals surface area contributed by atoms with E-state index in [1.54, 1.807) is 6.07 Å². The van der Waals surface area contributed by atoms with Crippen molar-refractivity contribution < 1.29 is 45.4 Å². The Balaban J connectivity index is 1.38. The van der Waals surface area contributed by atoms with Crippen molar-refractivity contribution in [2.75, 3.05) is 4.90 Å². The zero-order chi connectivity index (χ0) is 31.0. The monoisotopic (exact) mass is 622 g/mol. The molecule has 4 rings (SSSR count). The van der Waals surface area contributed by atoms with Gasteiger partial charge in [0.15, 0.2) is 17.1 Å². The Morgan fingerprint density at radius 3 is 2.19 bits per heavy atom. The van der Waals surface area contributed by atoms with Crippen molar-refractivity contribution in [1.82, 2.24) is 15.6 Å². The molecule has 1 aromatic carbocycles. The maximum Gasteiger partial charge on any atom is 0.573 e. The number of pyridine rings is 1. The van der Waals surface area contributed by atoms with E-state index < -0.39 is 41.7 Å². The molecule has 2 fully saturated rings. The van der Waals surface area contributed by atoms with Crippen LogP contribution >= 0.6 is 11.6 Å². The lowest BCUT2D eigenvalue weighted by molar-refractivity contribution is -0.275. The van der Waals surface area contributed by atoms with Gasteiger partial charge in [-0.05, 0) is 70.7 Å². The van der Waals surface area contributed by atoms with Crippen LogP contribution in [0.15, 0.2) is 36.5 Å². The summed E-state index contributed by atoms with van der Waals surface area (Å²) in [6.07, 6.45) is -5.60. The van der Waals surface area contributed by atoms with Gasteiger partial charge in [-0.2, -0.15) is 13.2 Å². The molecule has 15 heteroatoms. The summed E-state index contributed by atoms with van der Waals surface area (Å²) in [6.45, 7) is 3.70. The number of carbonyl (C=O) groups is 2. The number of benzene rings is 1. The van der Waals surface area contributed by atoms with Gasteiger partial charge in [0.25, 0.3) is 11.8 Å². The summed E-state index contributed by atoms with van der Waals surface area (Å²) in [7, 11) is 0. The summed E-state index contributed by atoms with van der Waals surface area (Å²) in [4.78, 5) is 31.8. The van der Waals surface area contributed by atoms with Gasteiger partial charge in [-0.25, -0.2) is 4.98 Å². The van der Waals surface area contributed by atoms with Gasteiger partial charge in [0.2, 0.25) is 0 Å². The number of piperidine rings is 1. The van der Waals surface area contributed by atoms with E-state index in [0.717, 1.165) is 25.8 Å². The van der Waals surface area contributed by atoms with Crippen molar-refractivity contribution in [2.45, 2.75) is 88.8 Å². The summed E-state index contributed by atoms with van der Waals surface area (Å²) in [5.74, 6) is -1.83. The molecule has 0 spiro atoms. The maximum atomic E-state index is 13.2. The first-order chi connectivity index (χ1) is 19.4. The minimum absolute atomic E-state index is 0.00133. The van der Waals surface area contributed by atoms with Crippen molar-refractivity contribution in [2.24, 2.45) is 0 Å². The zero-order valence-electron chi connectivity index (χ0n) is 22.8. The van der Waals surface area contributed by atoms with Gasteiger partial charge < -0.3 is 25.0 Å². The Morgan fingerprint density at radius 1 is 1.00 bits per heavy atom. The van der Waals surface area contributed by atoms with Gasteiger partial charge in [0.05, 0.1) is 5.56 Å². The lowest BCUT2D eigenvalue weighted by Crippen LogP contribution is -2.55. The van der Waals surface area contributed by atoms with E-state index in [0.29, 0.717) is 18.7 Å². The molecule has 3 heterocycles. The number of hydrogen-bond donors (Lipinski definition) is 2. The number of nitrogens with one attached hydrogen (secondary N) is 2. The first-order valence-electron chi connectivity index (χ1n) is 13.1. The van der Waals surface area contributed by atoms with Crippen LogP contribution in [0.3, 0.4) is 0 Å². The normalized spacial score (nSPS) is 21.5. The molecule has 230 valence electrons. The van der Waals surface area contributed by atoms with Crippen LogP contribution in [-0.4, -0.2) is 59.1 Å². The summed E-state index contributed by atoms with van der Waals surface area (Å²) in [5.41, 5.74) is -1.56. The molecule has 42 heavy (non-hydrogen) atoms. The molecule has 2 aliphatic rings. The van der Waals surface area contributed by atoms with Crippen molar-refractivity contribution >= 4 is 29.2 Å². The molecule has 2 aliphatic heterocycles. The minimum atomic E-state index is -4.99. The van der Waals surface area contributed by atoms with Crippen LogP contribution in [0.5, 0.6) is 11.5 Å². The van der Waals surface area contributed by atoms with Crippen LogP contribution in [0.25, 0.3) is 0 Å². The standard InChI is InChI=1S/C27H29ClF6N4O4/c1-14(26(29,30)31)36-23(39)15-4-9-22(35-13-15)38-18-6-7-19(38)12-17(11-18)37-24(40)25(2,3)41-20-8-5-16(28)10-21(20)42-27(32,33)34/h4-5,8-10,13-14,17-19H,6-7,11-12H2,1-3H3,(H,36,39)(H,37,40)/t14-,17?,18-,19+/m1/s1. The molecule has 1 aromatic heterocycles. The number of anilines is 1. The Labute approximate surface area is 242 Å². The average Bonchev–Trinajstić information content (AvgIpc) is 3.14. The fourth-order valence-electron chi connectivity index (χ4n) is 5.15. The molecule has 0 saturated carbocycles. The largest absolute Gasteiger partial charge is 0.573 e. The highest BCUT2D eigenvalue weighted by atomic mass is 35.5. The van der Waals surface area contributed by atoms with E-state index in [9.17, 15) is 35.9 Å². The van der Waals surface area contributed by atoms with Gasteiger partial charge in [-0.1, -0.05) is 11.6 Å². The second-order valence-corrected chi connectivity index (χ2v) is 11.3. The lowest BCUT2D eigenvalue weighted by atomic mass is 9.96. The van der Waals surface area contributed by atoms with E-state index in [1.165, 1.54) is 38.2 Å². The SMILES string of the molecule is C[C@@H](NC(=O)c1ccc(N2[C@@H]3CC[C@H]2CC(NC(=O)C(C)(C)Oc2ccc(Cl)cc2OC(F)(F)F)C3)nc1)C(F)(F)F. The van der Waals surface area contributed by atoms with Gasteiger partial charge in [-0.15, -0.1) is 13.2 Å². The number of aromatic nitrogens is 1. The van der Waals surface area contributed by atoms with Crippen LogP contribution in [0.1, 0.15) is 56.8 Å². The third-order valence-electron chi connectivity index (χ3n) is 7.22. The number of ether oxygens (including phenoxy) is 2. The molecule has 8 nitrogen and oxygen atoms in total. The maximum absolute atomic E-state index is 13.2. The highest BCUT2D eigenvalue weighted by Gasteiger charge is 2.44. The van der Waals surface area contributed by atoms with Crippen LogP contribution in [-0.2, 0) is 4.79 Å². The third kappa shape index (κ3) is 7.50. The van der Waals surface area contributed by atoms with E-state index >= 15 is 0 Å². The summed E-state index contributed by atoms with van der Waals surface area (Å²) in [6, 6.07) is 4.19. The van der Waals surface area contributed by atoms with Crippen LogP contribution in [0, 0.1) is 0 Å². The van der Waals surface area contributed by atoms with Gasteiger partial charge >= 0.3 is 12.5 Å². The minimum Gasteiger partial charge on any atom is -0.474 e. The van der Waals surface area contributed by atoms with Crippen molar-refractivity contribution in [3.63, 3.8) is 0 Å². The van der Waals surface area contributed by atoms with Crippen molar-refractivity contribution in [3.8, 4) is 11.5 Å². The Bertz CT molecular complexity index is 1290. The van der Waals surface area contributed by atoms with Gasteiger partial charge in [-0.3, -0.25) is 9.59 Å². The van der Waals surface area contributed by atoms with Gasteiger partial charge in [0.1, 0.15) is 11.9 Å². The fourth-order valence-corrected chi connectivity index (χ4v) is 5.32. The number of fused-ring (bicyclic) bond motifs is 2. The third-order valence-corrected chi connectivity index (χ3v) is 7.46. The number of carbonyl (C=O) groups excluding carboxylic acids is 2. The number of amides is 2. The quantitative estimate of drug-likeness (QED) is 0.362. The molecule has 2 aromatic rings. The van der Waals surface area contributed by atoms with Crippen LogP contribution < -0.4 is 25.0 Å². The molecule has 2 N–H and O–H groups in total. The van der Waals surface area contributed by atoms with Crippen LogP contribution in [0.2, 0.25) is 5.02 Å². The Kier molecular flexibility index (Phi) is 8.77. The number of hydrogen-bond acceptors (Lipinski definition) is 6. The zero-order valence-corrected chi connectivity index (χ0v) is 23.5. The molecule has 2 bridgehead atoms. The second-order valence-electron chi connectivity index (χ2n) is 10.8. The molecule has 0 radical (unpaired) electrons. The first-order valence-corrected chi connectivity index (χ1v) is 13.5. The number of halogens is 7. The second kappa shape index (κ2) is 11.7. The number of alkyl halides is 6. The molecule has 1 unspecified atom stereocenters. The summed E-state index contributed by atoms with van der Waals surface area (Å²) >= 11 is 5.81. The predicted molar refractivity (Wildman–Crippen MR) is 141 cm³/mol. The number of nitrogens with zero attached hydrogens (tertiary/aromatic N) is 2. The topological polar surface area (TPSA) is 92.8 Å². The first kappa shape index (κ1) is 31.5. The molecular formula is C27H29ClF6N4O4. The Hall–Kier alpha value is -3.42. The molecule has 0 aliphatic carbocycles. The van der Waals surface area contributed by atoms with Crippen LogP contribution in [0.4, 0.5) is 32.2 Å². The summed E-state index contributed by atoms with van der Waals surface area (Å²) in [5, 5.41) is 4.84. The molecular weight excluding hydrogens is 594 g/mol. The molecule has 2 amide bonds. The predicted octanol–water partition coefficient (Wildman–Crippen LogP) is 5.79. The van der Waals surface area contributed by atoms with E-state index in [1.807, 2.05) is 5.32 Å². The fraction of sp³-hybridized carbons (Fsp3) is 0.519. The molecule has 4 atom stereocenters.